The van der Waals surface area contributed by atoms with Crippen molar-refractivity contribution >= 4 is 23.3 Å². The number of benzene rings is 1. The fourth-order valence-corrected chi connectivity index (χ4v) is 2.37. The molecule has 1 aromatic rings. The standard InChI is InChI=1S/C16H25ClN2O/c1-11(2)9-19(10-12(3)4)16(20)18-15-13(5)7-6-8-14(15)17/h6-8,11-12H,9-10H2,1-5H3,(H,18,20). The number of nitrogens with zero attached hydrogens (tertiary/aromatic N) is 1. The number of carbonyl (C=O) groups is 1. The van der Waals surface area contributed by atoms with Gasteiger partial charge >= 0.3 is 6.03 Å². The van der Waals surface area contributed by atoms with Crippen LogP contribution in [0.4, 0.5) is 10.5 Å². The van der Waals surface area contributed by atoms with Gasteiger partial charge in [0.1, 0.15) is 0 Å². The van der Waals surface area contributed by atoms with E-state index in [2.05, 4.69) is 33.0 Å². The Balaban J connectivity index is 2.84. The van der Waals surface area contributed by atoms with E-state index in [9.17, 15) is 4.79 Å². The SMILES string of the molecule is Cc1cccc(Cl)c1NC(=O)N(CC(C)C)CC(C)C. The third-order valence-corrected chi connectivity index (χ3v) is 3.23. The van der Waals surface area contributed by atoms with Gasteiger partial charge in [-0.2, -0.15) is 0 Å². The van der Waals surface area contributed by atoms with Crippen molar-refractivity contribution in [1.29, 1.82) is 0 Å². The van der Waals surface area contributed by atoms with Crippen LogP contribution in [0.15, 0.2) is 18.2 Å². The Kier molecular flexibility index (Phi) is 6.34. The zero-order chi connectivity index (χ0) is 15.3. The van der Waals surface area contributed by atoms with Gasteiger partial charge in [0.25, 0.3) is 0 Å². The molecule has 1 aromatic carbocycles. The van der Waals surface area contributed by atoms with Crippen molar-refractivity contribution in [3.8, 4) is 0 Å². The number of aryl methyl sites for hydroxylation is 1. The third kappa shape index (κ3) is 5.04. The average Bonchev–Trinajstić information content (AvgIpc) is 2.31. The molecule has 0 radical (unpaired) electrons. The summed E-state index contributed by atoms with van der Waals surface area (Å²) in [6, 6.07) is 5.53. The van der Waals surface area contributed by atoms with Crippen LogP contribution in [0.25, 0.3) is 0 Å². The predicted molar refractivity (Wildman–Crippen MR) is 86.5 cm³/mol. The molecule has 0 aliphatic rings. The van der Waals surface area contributed by atoms with E-state index in [1.165, 1.54) is 0 Å². The maximum absolute atomic E-state index is 12.4. The molecular weight excluding hydrogens is 272 g/mol. The summed E-state index contributed by atoms with van der Waals surface area (Å²) < 4.78 is 0. The van der Waals surface area contributed by atoms with Crippen molar-refractivity contribution < 1.29 is 4.79 Å². The molecule has 2 amide bonds. The van der Waals surface area contributed by atoms with E-state index in [0.29, 0.717) is 22.5 Å². The van der Waals surface area contributed by atoms with Crippen LogP contribution < -0.4 is 5.32 Å². The Morgan fingerprint density at radius 1 is 1.20 bits per heavy atom. The summed E-state index contributed by atoms with van der Waals surface area (Å²) in [6.07, 6.45) is 0. The lowest BCUT2D eigenvalue weighted by molar-refractivity contribution is 0.196. The Hall–Kier alpha value is -1.22. The number of rotatable bonds is 5. The first-order chi connectivity index (χ1) is 9.31. The van der Waals surface area contributed by atoms with E-state index in [1.807, 2.05) is 24.0 Å². The van der Waals surface area contributed by atoms with Gasteiger partial charge in [-0.05, 0) is 30.4 Å². The number of carbonyl (C=O) groups excluding carboxylic acids is 1. The average molecular weight is 297 g/mol. The highest BCUT2D eigenvalue weighted by Gasteiger charge is 2.17. The summed E-state index contributed by atoms with van der Waals surface area (Å²) in [6.45, 7) is 11.9. The van der Waals surface area contributed by atoms with Gasteiger partial charge in [-0.15, -0.1) is 0 Å². The van der Waals surface area contributed by atoms with Gasteiger partial charge in [0.05, 0.1) is 10.7 Å². The molecule has 3 nitrogen and oxygen atoms in total. The van der Waals surface area contributed by atoms with Crippen LogP contribution >= 0.6 is 11.6 Å². The van der Waals surface area contributed by atoms with Crippen LogP contribution in [0.5, 0.6) is 0 Å². The van der Waals surface area contributed by atoms with Gasteiger partial charge in [0, 0.05) is 13.1 Å². The molecule has 4 heteroatoms. The van der Waals surface area contributed by atoms with Gasteiger partial charge < -0.3 is 10.2 Å². The Morgan fingerprint density at radius 3 is 2.20 bits per heavy atom. The van der Waals surface area contributed by atoms with Crippen LogP contribution in [-0.2, 0) is 0 Å². The molecule has 0 heterocycles. The second-order valence-electron chi connectivity index (χ2n) is 6.05. The first-order valence-electron chi connectivity index (χ1n) is 7.12. The molecule has 0 atom stereocenters. The molecule has 0 aliphatic carbocycles. The maximum Gasteiger partial charge on any atom is 0.321 e. The number of hydrogen-bond acceptors (Lipinski definition) is 1. The lowest BCUT2D eigenvalue weighted by atomic mass is 10.1. The minimum atomic E-state index is -0.0800. The van der Waals surface area contributed by atoms with Gasteiger partial charge in [0.2, 0.25) is 0 Å². The van der Waals surface area contributed by atoms with Crippen LogP contribution in [0, 0.1) is 18.8 Å². The summed E-state index contributed by atoms with van der Waals surface area (Å²) in [5.74, 6) is 0.874. The zero-order valence-corrected chi connectivity index (χ0v) is 13.8. The number of anilines is 1. The van der Waals surface area contributed by atoms with Gasteiger partial charge in [-0.1, -0.05) is 51.4 Å². The smallest absolute Gasteiger partial charge is 0.321 e. The predicted octanol–water partition coefficient (Wildman–Crippen LogP) is 4.79. The van der Waals surface area contributed by atoms with E-state index in [4.69, 9.17) is 11.6 Å². The van der Waals surface area contributed by atoms with E-state index >= 15 is 0 Å². The third-order valence-electron chi connectivity index (χ3n) is 2.91. The number of urea groups is 1. The first-order valence-corrected chi connectivity index (χ1v) is 7.50. The van der Waals surface area contributed by atoms with Crippen LogP contribution in [0.1, 0.15) is 33.3 Å². The second kappa shape index (κ2) is 7.53. The minimum Gasteiger partial charge on any atom is -0.324 e. The highest BCUT2D eigenvalue weighted by molar-refractivity contribution is 6.33. The van der Waals surface area contributed by atoms with Crippen molar-refractivity contribution in [3.63, 3.8) is 0 Å². The van der Waals surface area contributed by atoms with Crippen molar-refractivity contribution in [2.75, 3.05) is 18.4 Å². The van der Waals surface area contributed by atoms with E-state index < -0.39 is 0 Å². The highest BCUT2D eigenvalue weighted by Crippen LogP contribution is 2.25. The number of halogens is 1. The summed E-state index contributed by atoms with van der Waals surface area (Å²) in [7, 11) is 0. The molecule has 20 heavy (non-hydrogen) atoms. The molecule has 0 aromatic heterocycles. The summed E-state index contributed by atoms with van der Waals surface area (Å²) in [5.41, 5.74) is 1.68. The molecule has 1 rings (SSSR count). The molecule has 0 aliphatic heterocycles. The van der Waals surface area contributed by atoms with Crippen molar-refractivity contribution in [2.24, 2.45) is 11.8 Å². The minimum absolute atomic E-state index is 0.0800. The summed E-state index contributed by atoms with van der Waals surface area (Å²) >= 11 is 6.16. The van der Waals surface area contributed by atoms with E-state index in [0.717, 1.165) is 18.7 Å². The van der Waals surface area contributed by atoms with Crippen molar-refractivity contribution in [1.82, 2.24) is 4.90 Å². The fourth-order valence-electron chi connectivity index (χ4n) is 2.10. The quantitative estimate of drug-likeness (QED) is 0.832. The first kappa shape index (κ1) is 16.8. The second-order valence-corrected chi connectivity index (χ2v) is 6.46. The summed E-state index contributed by atoms with van der Waals surface area (Å²) in [4.78, 5) is 14.3. The van der Waals surface area contributed by atoms with Gasteiger partial charge in [-0.3, -0.25) is 0 Å². The topological polar surface area (TPSA) is 32.3 Å². The molecule has 0 saturated carbocycles. The lowest BCUT2D eigenvalue weighted by Crippen LogP contribution is -2.40. The number of amides is 2. The van der Waals surface area contributed by atoms with Crippen molar-refractivity contribution in [2.45, 2.75) is 34.6 Å². The number of nitrogens with one attached hydrogen (secondary N) is 1. The molecule has 112 valence electrons. The van der Waals surface area contributed by atoms with Crippen LogP contribution in [0.2, 0.25) is 5.02 Å². The normalized spacial score (nSPS) is 11.0. The van der Waals surface area contributed by atoms with E-state index in [-0.39, 0.29) is 6.03 Å². The number of para-hydroxylation sites is 1. The van der Waals surface area contributed by atoms with Crippen LogP contribution in [0.3, 0.4) is 0 Å². The van der Waals surface area contributed by atoms with Gasteiger partial charge in [-0.25, -0.2) is 4.79 Å². The molecule has 0 fully saturated rings. The molecule has 0 spiro atoms. The summed E-state index contributed by atoms with van der Waals surface area (Å²) in [5, 5.41) is 3.52. The maximum atomic E-state index is 12.4. The Labute approximate surface area is 127 Å². The molecule has 0 unspecified atom stereocenters. The molecule has 1 N–H and O–H groups in total. The fraction of sp³-hybridized carbons (Fsp3) is 0.562. The van der Waals surface area contributed by atoms with Crippen molar-refractivity contribution in [3.05, 3.63) is 28.8 Å². The van der Waals surface area contributed by atoms with Gasteiger partial charge in [0.15, 0.2) is 0 Å². The lowest BCUT2D eigenvalue weighted by Gasteiger charge is -2.27. The largest absolute Gasteiger partial charge is 0.324 e. The Morgan fingerprint density at radius 2 is 1.75 bits per heavy atom. The monoisotopic (exact) mass is 296 g/mol. The zero-order valence-electron chi connectivity index (χ0n) is 13.0. The van der Waals surface area contributed by atoms with Crippen LogP contribution in [-0.4, -0.2) is 24.0 Å². The molecule has 0 bridgehead atoms. The number of hydrogen-bond donors (Lipinski definition) is 1. The van der Waals surface area contributed by atoms with E-state index in [1.54, 1.807) is 6.07 Å². The highest BCUT2D eigenvalue weighted by atomic mass is 35.5. The molecular formula is C16H25ClN2O. The molecule has 0 saturated heterocycles. The Bertz CT molecular complexity index is 428.